The van der Waals surface area contributed by atoms with E-state index in [9.17, 15) is 23.4 Å². The van der Waals surface area contributed by atoms with E-state index in [2.05, 4.69) is 10.4 Å². The van der Waals surface area contributed by atoms with Crippen LogP contribution in [0.5, 0.6) is 11.8 Å². The van der Waals surface area contributed by atoms with Crippen molar-refractivity contribution in [2.45, 2.75) is 26.4 Å². The number of alkyl halides is 3. The highest BCUT2D eigenvalue weighted by molar-refractivity contribution is 6.30. The molecule has 0 atom stereocenters. The highest BCUT2D eigenvalue weighted by atomic mass is 35.5. The molecule has 130 valence electrons. The van der Waals surface area contributed by atoms with Crippen molar-refractivity contribution in [2.75, 3.05) is 5.43 Å². The molecule has 0 aliphatic rings. The summed E-state index contributed by atoms with van der Waals surface area (Å²) in [6.45, 7) is 3.50. The highest BCUT2D eigenvalue weighted by Crippen LogP contribution is 2.36. The maximum absolute atomic E-state index is 12.7. The van der Waals surface area contributed by atoms with Crippen LogP contribution in [0.25, 0.3) is 6.08 Å². The standard InChI is InChI=1S/C15H15ClF3N3O2/c1-3-4-5-9-8(2)13(23)22(14(9)24)21-11-7-6-10(12(16)20-11)15(17,18)19/h4-7,23-24H,3H2,1-2H3,(H,20,21). The van der Waals surface area contributed by atoms with Gasteiger partial charge in [-0.05, 0) is 25.5 Å². The van der Waals surface area contributed by atoms with Crippen molar-refractivity contribution in [3.63, 3.8) is 0 Å². The first kappa shape index (κ1) is 18.0. The molecule has 0 unspecified atom stereocenters. The summed E-state index contributed by atoms with van der Waals surface area (Å²) < 4.78 is 38.9. The van der Waals surface area contributed by atoms with E-state index in [4.69, 9.17) is 11.6 Å². The zero-order valence-electron chi connectivity index (χ0n) is 12.8. The van der Waals surface area contributed by atoms with Crippen molar-refractivity contribution in [2.24, 2.45) is 0 Å². The number of anilines is 1. The Balaban J connectivity index is 2.39. The average Bonchev–Trinajstić information content (AvgIpc) is 2.68. The van der Waals surface area contributed by atoms with Crippen LogP contribution in [0.3, 0.4) is 0 Å². The zero-order valence-corrected chi connectivity index (χ0v) is 13.6. The Morgan fingerprint density at radius 2 is 1.96 bits per heavy atom. The minimum atomic E-state index is -4.62. The molecule has 0 spiro atoms. The lowest BCUT2D eigenvalue weighted by Crippen LogP contribution is -2.12. The summed E-state index contributed by atoms with van der Waals surface area (Å²) in [5, 5.41) is 19.5. The molecule has 24 heavy (non-hydrogen) atoms. The van der Waals surface area contributed by atoms with Gasteiger partial charge in [0.1, 0.15) is 11.0 Å². The van der Waals surface area contributed by atoms with Crippen LogP contribution in [0.15, 0.2) is 18.2 Å². The van der Waals surface area contributed by atoms with Gasteiger partial charge in [-0.15, -0.1) is 0 Å². The molecule has 0 aliphatic heterocycles. The second-order valence-corrected chi connectivity index (χ2v) is 5.33. The zero-order chi connectivity index (χ0) is 18.1. The average molecular weight is 362 g/mol. The summed E-state index contributed by atoms with van der Waals surface area (Å²) in [6, 6.07) is 1.81. The third-order valence-corrected chi connectivity index (χ3v) is 3.59. The second-order valence-electron chi connectivity index (χ2n) is 4.98. The van der Waals surface area contributed by atoms with Crippen molar-refractivity contribution in [1.82, 2.24) is 9.66 Å². The van der Waals surface area contributed by atoms with Gasteiger partial charge in [0, 0.05) is 11.1 Å². The predicted molar refractivity (Wildman–Crippen MR) is 85.1 cm³/mol. The topological polar surface area (TPSA) is 70.3 Å². The Bertz CT molecular complexity index is 785. The number of hydrogen-bond donors (Lipinski definition) is 3. The fourth-order valence-electron chi connectivity index (χ4n) is 2.04. The number of pyridine rings is 1. The Labute approximate surface area is 141 Å². The fraction of sp³-hybridized carbons (Fsp3) is 0.267. The fourth-order valence-corrected chi connectivity index (χ4v) is 2.30. The van der Waals surface area contributed by atoms with Crippen LogP contribution in [0, 0.1) is 6.92 Å². The first-order chi connectivity index (χ1) is 11.2. The lowest BCUT2D eigenvalue weighted by atomic mass is 10.2. The summed E-state index contributed by atoms with van der Waals surface area (Å²) >= 11 is 5.55. The SMILES string of the molecule is CCC=Cc1c(C)c(O)n(Nc2ccc(C(F)(F)F)c(Cl)n2)c1O. The first-order valence-electron chi connectivity index (χ1n) is 6.97. The van der Waals surface area contributed by atoms with E-state index in [1.165, 1.54) is 0 Å². The van der Waals surface area contributed by atoms with Gasteiger partial charge in [0.15, 0.2) is 0 Å². The molecule has 0 saturated heterocycles. The van der Waals surface area contributed by atoms with Crippen LogP contribution in [0.2, 0.25) is 5.15 Å². The molecule has 2 aromatic heterocycles. The number of aromatic nitrogens is 2. The highest BCUT2D eigenvalue weighted by Gasteiger charge is 2.34. The molecule has 2 rings (SSSR count). The Kier molecular flexibility index (Phi) is 4.98. The monoisotopic (exact) mass is 361 g/mol. The summed E-state index contributed by atoms with van der Waals surface area (Å²) in [5.41, 5.74) is 2.24. The molecule has 0 fully saturated rings. The Hall–Kier alpha value is -2.35. The van der Waals surface area contributed by atoms with Crippen molar-refractivity contribution < 1.29 is 23.4 Å². The van der Waals surface area contributed by atoms with Crippen molar-refractivity contribution >= 4 is 23.5 Å². The molecular weight excluding hydrogens is 347 g/mol. The Morgan fingerprint density at radius 1 is 1.29 bits per heavy atom. The molecule has 0 amide bonds. The molecule has 2 aromatic rings. The summed E-state index contributed by atoms with van der Waals surface area (Å²) in [5.74, 6) is -0.659. The predicted octanol–water partition coefficient (Wildman–Crippen LogP) is 4.57. The maximum atomic E-state index is 12.7. The molecule has 9 heteroatoms. The van der Waals surface area contributed by atoms with Gasteiger partial charge >= 0.3 is 6.18 Å². The second kappa shape index (κ2) is 6.64. The molecule has 0 radical (unpaired) electrons. The molecule has 2 heterocycles. The quantitative estimate of drug-likeness (QED) is 0.697. The molecule has 3 N–H and O–H groups in total. The van der Waals surface area contributed by atoms with Gasteiger partial charge in [0.25, 0.3) is 0 Å². The molecule has 0 aliphatic carbocycles. The maximum Gasteiger partial charge on any atom is 0.419 e. The third-order valence-electron chi connectivity index (χ3n) is 3.30. The smallest absolute Gasteiger partial charge is 0.419 e. The lowest BCUT2D eigenvalue weighted by Gasteiger charge is -2.12. The van der Waals surface area contributed by atoms with Crippen LogP contribution < -0.4 is 5.43 Å². The minimum Gasteiger partial charge on any atom is -0.493 e. The van der Waals surface area contributed by atoms with E-state index in [1.54, 1.807) is 19.1 Å². The number of nitrogens with zero attached hydrogens (tertiary/aromatic N) is 2. The van der Waals surface area contributed by atoms with Gasteiger partial charge in [-0.1, -0.05) is 30.7 Å². The van der Waals surface area contributed by atoms with E-state index in [0.717, 1.165) is 23.2 Å². The molecule has 0 aromatic carbocycles. The van der Waals surface area contributed by atoms with Crippen molar-refractivity contribution in [1.29, 1.82) is 0 Å². The summed E-state index contributed by atoms with van der Waals surface area (Å²) in [7, 11) is 0. The molecule has 0 bridgehead atoms. The Morgan fingerprint density at radius 3 is 2.50 bits per heavy atom. The van der Waals surface area contributed by atoms with E-state index in [-0.39, 0.29) is 17.6 Å². The van der Waals surface area contributed by atoms with Gasteiger partial charge < -0.3 is 10.2 Å². The van der Waals surface area contributed by atoms with Crippen LogP contribution in [0.4, 0.5) is 19.0 Å². The van der Waals surface area contributed by atoms with E-state index >= 15 is 0 Å². The largest absolute Gasteiger partial charge is 0.493 e. The number of halogens is 4. The van der Waals surface area contributed by atoms with Gasteiger partial charge in [0.05, 0.1) is 5.56 Å². The van der Waals surface area contributed by atoms with E-state index in [1.807, 2.05) is 6.92 Å². The van der Waals surface area contributed by atoms with Gasteiger partial charge in [0.2, 0.25) is 11.8 Å². The van der Waals surface area contributed by atoms with Crippen molar-refractivity contribution in [3.8, 4) is 11.8 Å². The summed E-state index contributed by atoms with van der Waals surface area (Å²) in [4.78, 5) is 3.59. The first-order valence-corrected chi connectivity index (χ1v) is 7.35. The van der Waals surface area contributed by atoms with Gasteiger partial charge in [-0.3, -0.25) is 5.43 Å². The number of rotatable bonds is 4. The number of hydrogen-bond acceptors (Lipinski definition) is 4. The van der Waals surface area contributed by atoms with Crippen LogP contribution in [-0.4, -0.2) is 19.9 Å². The normalized spacial score (nSPS) is 12.1. The summed E-state index contributed by atoms with van der Waals surface area (Å²) in [6.07, 6.45) is -0.460. The molecule has 5 nitrogen and oxygen atoms in total. The van der Waals surface area contributed by atoms with Gasteiger partial charge in [-0.2, -0.15) is 17.8 Å². The lowest BCUT2D eigenvalue weighted by molar-refractivity contribution is -0.137. The van der Waals surface area contributed by atoms with Crippen LogP contribution in [-0.2, 0) is 6.18 Å². The molecule has 0 saturated carbocycles. The minimum absolute atomic E-state index is 0.0698. The number of aromatic hydroxyl groups is 2. The third kappa shape index (κ3) is 3.43. The van der Waals surface area contributed by atoms with Gasteiger partial charge in [-0.25, -0.2) is 4.98 Å². The number of nitrogens with one attached hydrogen (secondary N) is 1. The van der Waals surface area contributed by atoms with Crippen LogP contribution >= 0.6 is 11.6 Å². The van der Waals surface area contributed by atoms with E-state index < -0.39 is 16.9 Å². The van der Waals surface area contributed by atoms with Crippen molar-refractivity contribution in [3.05, 3.63) is 40.1 Å². The van der Waals surface area contributed by atoms with E-state index in [0.29, 0.717) is 11.1 Å². The van der Waals surface area contributed by atoms with Crippen LogP contribution in [0.1, 0.15) is 30.0 Å². The number of allylic oxidation sites excluding steroid dienone is 1. The molecular formula is C15H15ClF3N3O2.